The Balaban J connectivity index is 2.20. The van der Waals surface area contributed by atoms with Crippen LogP contribution in [0.2, 0.25) is 0 Å². The van der Waals surface area contributed by atoms with Crippen LogP contribution >= 0.6 is 0 Å². The van der Waals surface area contributed by atoms with Crippen LogP contribution in [-0.2, 0) is 4.79 Å². The minimum atomic E-state index is -1.02. The van der Waals surface area contributed by atoms with Crippen LogP contribution in [0.4, 0.5) is 5.69 Å². The molecule has 0 bridgehead atoms. The van der Waals surface area contributed by atoms with Gasteiger partial charge in [-0.2, -0.15) is 0 Å². The molecule has 1 aromatic carbocycles. The fraction of sp³-hybridized carbons (Fsp3) is 0.385. The first kappa shape index (κ1) is 11.6. The van der Waals surface area contributed by atoms with Crippen molar-refractivity contribution in [2.24, 2.45) is 11.8 Å². The second-order valence-electron chi connectivity index (χ2n) is 4.66. The highest BCUT2D eigenvalue weighted by molar-refractivity contribution is 6.02. The van der Waals surface area contributed by atoms with Crippen LogP contribution in [0.15, 0.2) is 18.2 Å². The van der Waals surface area contributed by atoms with Crippen LogP contribution < -0.4 is 5.32 Å². The molecular weight excluding hydrogens is 218 g/mol. The first-order chi connectivity index (χ1) is 7.99. The number of rotatable bonds is 3. The minimum Gasteiger partial charge on any atom is -0.478 e. The van der Waals surface area contributed by atoms with Gasteiger partial charge in [-0.1, -0.05) is 18.6 Å². The van der Waals surface area contributed by atoms with E-state index in [1.807, 2.05) is 13.8 Å². The molecule has 0 aliphatic heterocycles. The summed E-state index contributed by atoms with van der Waals surface area (Å²) in [4.78, 5) is 22.8. The molecule has 4 heteroatoms. The summed E-state index contributed by atoms with van der Waals surface area (Å²) in [5.74, 6) is -0.650. The highest BCUT2D eigenvalue weighted by atomic mass is 16.4. The van der Waals surface area contributed by atoms with Gasteiger partial charge in [-0.25, -0.2) is 4.79 Å². The van der Waals surface area contributed by atoms with Gasteiger partial charge in [0.2, 0.25) is 5.91 Å². The number of anilines is 1. The van der Waals surface area contributed by atoms with Gasteiger partial charge < -0.3 is 10.4 Å². The third-order valence-corrected chi connectivity index (χ3v) is 3.11. The molecule has 2 N–H and O–H groups in total. The lowest BCUT2D eigenvalue weighted by Gasteiger charge is -2.08. The Hall–Kier alpha value is -1.84. The summed E-state index contributed by atoms with van der Waals surface area (Å²) >= 11 is 0. The van der Waals surface area contributed by atoms with Crippen LogP contribution in [-0.4, -0.2) is 17.0 Å². The van der Waals surface area contributed by atoms with E-state index in [9.17, 15) is 9.59 Å². The number of amides is 1. The Morgan fingerprint density at radius 3 is 2.59 bits per heavy atom. The second kappa shape index (κ2) is 4.20. The largest absolute Gasteiger partial charge is 0.478 e. The van der Waals surface area contributed by atoms with Crippen molar-refractivity contribution < 1.29 is 14.7 Å². The quantitative estimate of drug-likeness (QED) is 0.841. The maximum Gasteiger partial charge on any atom is 0.337 e. The minimum absolute atomic E-state index is 0.0398. The number of hydrogen-bond acceptors (Lipinski definition) is 2. The van der Waals surface area contributed by atoms with Gasteiger partial charge in [0.25, 0.3) is 0 Å². The average molecular weight is 233 g/mol. The van der Waals surface area contributed by atoms with E-state index in [0.717, 1.165) is 12.0 Å². The molecule has 2 atom stereocenters. The van der Waals surface area contributed by atoms with Crippen molar-refractivity contribution >= 4 is 17.6 Å². The number of carbonyl (C=O) groups excluding carboxylic acids is 1. The van der Waals surface area contributed by atoms with E-state index in [2.05, 4.69) is 5.32 Å². The maximum atomic E-state index is 11.7. The molecule has 2 rings (SSSR count). The molecule has 1 aliphatic rings. The zero-order valence-corrected chi connectivity index (χ0v) is 9.86. The Kier molecular flexibility index (Phi) is 2.88. The SMILES string of the molecule is Cc1ccc(NC(=O)C2CC2C)c(C(=O)O)c1. The predicted octanol–water partition coefficient (Wildman–Crippen LogP) is 2.29. The van der Waals surface area contributed by atoms with Crippen LogP contribution in [0.25, 0.3) is 0 Å². The number of aryl methyl sites for hydroxylation is 1. The van der Waals surface area contributed by atoms with Crippen LogP contribution in [0.3, 0.4) is 0 Å². The number of carboxylic acid groups (broad SMARTS) is 1. The Bertz CT molecular complexity index is 482. The standard InChI is InChI=1S/C13H15NO3/c1-7-3-4-11(10(5-7)13(16)17)14-12(15)9-6-8(9)2/h3-5,8-9H,6H2,1-2H3,(H,14,15)(H,16,17). The van der Waals surface area contributed by atoms with E-state index >= 15 is 0 Å². The van der Waals surface area contributed by atoms with Gasteiger partial charge in [0.05, 0.1) is 11.3 Å². The fourth-order valence-corrected chi connectivity index (χ4v) is 1.86. The van der Waals surface area contributed by atoms with Crippen molar-refractivity contribution in [3.05, 3.63) is 29.3 Å². The molecule has 2 unspecified atom stereocenters. The smallest absolute Gasteiger partial charge is 0.337 e. The zero-order valence-electron chi connectivity index (χ0n) is 9.86. The number of carboxylic acids is 1. The van der Waals surface area contributed by atoms with E-state index in [1.54, 1.807) is 18.2 Å². The van der Waals surface area contributed by atoms with Crippen molar-refractivity contribution in [1.29, 1.82) is 0 Å². The molecule has 4 nitrogen and oxygen atoms in total. The van der Waals surface area contributed by atoms with Gasteiger partial charge in [-0.05, 0) is 31.4 Å². The summed E-state index contributed by atoms with van der Waals surface area (Å²) in [6.45, 7) is 3.83. The Morgan fingerprint density at radius 2 is 2.06 bits per heavy atom. The first-order valence-corrected chi connectivity index (χ1v) is 5.64. The summed E-state index contributed by atoms with van der Waals surface area (Å²) < 4.78 is 0. The van der Waals surface area contributed by atoms with Crippen LogP contribution in [0.1, 0.15) is 29.3 Å². The molecule has 1 fully saturated rings. The van der Waals surface area contributed by atoms with E-state index in [0.29, 0.717) is 11.6 Å². The van der Waals surface area contributed by atoms with Crippen molar-refractivity contribution in [2.75, 3.05) is 5.32 Å². The van der Waals surface area contributed by atoms with Gasteiger partial charge in [0.1, 0.15) is 0 Å². The molecule has 1 saturated carbocycles. The topological polar surface area (TPSA) is 66.4 Å². The molecular formula is C13H15NO3. The number of hydrogen-bond donors (Lipinski definition) is 2. The number of benzene rings is 1. The lowest BCUT2D eigenvalue weighted by molar-refractivity contribution is -0.117. The maximum absolute atomic E-state index is 11.7. The Labute approximate surface area is 99.6 Å². The summed E-state index contributed by atoms with van der Waals surface area (Å²) in [6, 6.07) is 5.00. The van der Waals surface area contributed by atoms with Gasteiger partial charge in [-0.3, -0.25) is 4.79 Å². The van der Waals surface area contributed by atoms with Gasteiger partial charge >= 0.3 is 5.97 Å². The summed E-state index contributed by atoms with van der Waals surface area (Å²) in [7, 11) is 0. The lowest BCUT2D eigenvalue weighted by Crippen LogP contribution is -2.17. The molecule has 0 heterocycles. The van der Waals surface area contributed by atoms with Crippen molar-refractivity contribution in [1.82, 2.24) is 0 Å². The van der Waals surface area contributed by atoms with E-state index in [4.69, 9.17) is 5.11 Å². The third kappa shape index (κ3) is 2.46. The molecule has 1 aliphatic carbocycles. The van der Waals surface area contributed by atoms with Crippen molar-refractivity contribution in [3.63, 3.8) is 0 Å². The lowest BCUT2D eigenvalue weighted by atomic mass is 10.1. The molecule has 90 valence electrons. The number of carbonyl (C=O) groups is 2. The summed E-state index contributed by atoms with van der Waals surface area (Å²) in [6.07, 6.45) is 0.889. The first-order valence-electron chi connectivity index (χ1n) is 5.64. The Morgan fingerprint density at radius 1 is 1.41 bits per heavy atom. The van der Waals surface area contributed by atoms with Crippen molar-refractivity contribution in [3.8, 4) is 0 Å². The van der Waals surface area contributed by atoms with Crippen molar-refractivity contribution in [2.45, 2.75) is 20.3 Å². The normalized spacial score (nSPS) is 22.0. The number of nitrogens with one attached hydrogen (secondary N) is 1. The van der Waals surface area contributed by atoms with E-state index < -0.39 is 5.97 Å². The van der Waals surface area contributed by atoms with Gasteiger partial charge in [-0.15, -0.1) is 0 Å². The number of aromatic carboxylic acids is 1. The molecule has 0 saturated heterocycles. The van der Waals surface area contributed by atoms with Crippen LogP contribution in [0.5, 0.6) is 0 Å². The average Bonchev–Trinajstić information content (AvgIpc) is 2.98. The third-order valence-electron chi connectivity index (χ3n) is 3.11. The summed E-state index contributed by atoms with van der Waals surface area (Å²) in [5, 5.41) is 11.7. The highest BCUT2D eigenvalue weighted by Gasteiger charge is 2.39. The van der Waals surface area contributed by atoms with E-state index in [-0.39, 0.29) is 17.4 Å². The predicted molar refractivity (Wildman–Crippen MR) is 64.0 cm³/mol. The second-order valence-corrected chi connectivity index (χ2v) is 4.66. The summed E-state index contributed by atoms with van der Waals surface area (Å²) in [5.41, 5.74) is 1.39. The molecule has 1 aromatic rings. The molecule has 17 heavy (non-hydrogen) atoms. The highest BCUT2D eigenvalue weighted by Crippen LogP contribution is 2.38. The molecule has 0 radical (unpaired) electrons. The van der Waals surface area contributed by atoms with Gasteiger partial charge in [0.15, 0.2) is 0 Å². The molecule has 1 amide bonds. The zero-order chi connectivity index (χ0) is 12.6. The fourth-order valence-electron chi connectivity index (χ4n) is 1.86. The van der Waals surface area contributed by atoms with E-state index in [1.165, 1.54) is 0 Å². The van der Waals surface area contributed by atoms with Crippen LogP contribution in [0, 0.1) is 18.8 Å². The monoisotopic (exact) mass is 233 g/mol. The molecule has 0 spiro atoms. The molecule has 0 aromatic heterocycles. The van der Waals surface area contributed by atoms with Gasteiger partial charge in [0, 0.05) is 5.92 Å².